The zero-order valence-corrected chi connectivity index (χ0v) is 9.73. The van der Waals surface area contributed by atoms with E-state index >= 15 is 0 Å². The van der Waals surface area contributed by atoms with Gasteiger partial charge in [0.1, 0.15) is 0 Å². The Hall–Kier alpha value is -1.40. The molecule has 0 aliphatic carbocycles. The lowest BCUT2D eigenvalue weighted by Gasteiger charge is -2.13. The minimum Gasteiger partial charge on any atom is -0.467 e. The smallest absolute Gasteiger partial charge is 0.341 e. The third kappa shape index (κ3) is 3.63. The van der Waals surface area contributed by atoms with E-state index in [9.17, 15) is 13.2 Å². The first-order valence-corrected chi connectivity index (χ1v) is 6.26. The van der Waals surface area contributed by atoms with Crippen molar-refractivity contribution >= 4 is 16.1 Å². The summed E-state index contributed by atoms with van der Waals surface area (Å²) in [6, 6.07) is 8.28. The van der Waals surface area contributed by atoms with E-state index in [-0.39, 0.29) is 0 Å². The van der Waals surface area contributed by atoms with Gasteiger partial charge in [0.25, 0.3) is 10.1 Å². The summed E-state index contributed by atoms with van der Waals surface area (Å²) in [4.78, 5) is 11.4. The zero-order valence-electron chi connectivity index (χ0n) is 8.91. The number of hydrogen-bond acceptors (Lipinski definition) is 5. The first-order valence-electron chi connectivity index (χ1n) is 4.45. The van der Waals surface area contributed by atoms with Crippen LogP contribution in [-0.4, -0.2) is 27.8 Å². The van der Waals surface area contributed by atoms with Crippen molar-refractivity contribution in [1.82, 2.24) is 0 Å². The highest BCUT2D eigenvalue weighted by atomic mass is 32.2. The molecule has 16 heavy (non-hydrogen) atoms. The fourth-order valence-electron chi connectivity index (χ4n) is 1.14. The Balaban J connectivity index is 3.02. The first kappa shape index (κ1) is 12.7. The molecule has 1 aromatic rings. The molecule has 0 saturated carbocycles. The van der Waals surface area contributed by atoms with E-state index in [1.807, 2.05) is 0 Å². The van der Waals surface area contributed by atoms with E-state index in [2.05, 4.69) is 8.92 Å². The van der Waals surface area contributed by atoms with Gasteiger partial charge in [0.15, 0.2) is 6.10 Å². The van der Waals surface area contributed by atoms with Crippen molar-refractivity contribution in [1.29, 1.82) is 0 Å². The topological polar surface area (TPSA) is 69.7 Å². The molecule has 88 valence electrons. The predicted molar refractivity (Wildman–Crippen MR) is 57.1 cm³/mol. The molecule has 0 fully saturated rings. The zero-order chi connectivity index (χ0) is 12.2. The van der Waals surface area contributed by atoms with Crippen molar-refractivity contribution in [3.05, 3.63) is 35.9 Å². The van der Waals surface area contributed by atoms with E-state index < -0.39 is 22.2 Å². The molecule has 0 aromatic heterocycles. The van der Waals surface area contributed by atoms with Gasteiger partial charge in [-0.1, -0.05) is 30.3 Å². The number of rotatable bonds is 4. The SMILES string of the molecule is COC(=O)C(OS(C)(=O)=O)c1ccccc1. The molecular weight excluding hydrogens is 232 g/mol. The molecule has 6 heteroatoms. The average molecular weight is 244 g/mol. The molecule has 0 spiro atoms. The summed E-state index contributed by atoms with van der Waals surface area (Å²) < 4.78 is 31.2. The van der Waals surface area contributed by atoms with Crippen LogP contribution in [0.2, 0.25) is 0 Å². The Kier molecular flexibility index (Phi) is 4.03. The summed E-state index contributed by atoms with van der Waals surface area (Å²) in [6.45, 7) is 0. The summed E-state index contributed by atoms with van der Waals surface area (Å²) in [5.74, 6) is -0.753. The molecule has 0 saturated heterocycles. The van der Waals surface area contributed by atoms with Gasteiger partial charge in [-0.15, -0.1) is 0 Å². The summed E-state index contributed by atoms with van der Waals surface area (Å²) in [7, 11) is -2.56. The second-order valence-corrected chi connectivity index (χ2v) is 4.71. The van der Waals surface area contributed by atoms with Gasteiger partial charge in [-0.2, -0.15) is 8.42 Å². The van der Waals surface area contributed by atoms with Crippen molar-refractivity contribution in [3.8, 4) is 0 Å². The monoisotopic (exact) mass is 244 g/mol. The van der Waals surface area contributed by atoms with Crippen LogP contribution >= 0.6 is 0 Å². The van der Waals surface area contributed by atoms with Crippen LogP contribution in [0.1, 0.15) is 11.7 Å². The lowest BCUT2D eigenvalue weighted by Crippen LogP contribution is -2.20. The van der Waals surface area contributed by atoms with Crippen molar-refractivity contribution in [2.24, 2.45) is 0 Å². The van der Waals surface area contributed by atoms with E-state index in [0.29, 0.717) is 5.56 Å². The van der Waals surface area contributed by atoms with Gasteiger partial charge in [0, 0.05) is 0 Å². The molecule has 0 aliphatic rings. The minimum absolute atomic E-state index is 0.430. The molecule has 0 amide bonds. The lowest BCUT2D eigenvalue weighted by atomic mass is 10.1. The normalized spacial score (nSPS) is 13.1. The van der Waals surface area contributed by atoms with Gasteiger partial charge >= 0.3 is 5.97 Å². The van der Waals surface area contributed by atoms with Crippen molar-refractivity contribution in [2.45, 2.75) is 6.10 Å². The number of carbonyl (C=O) groups is 1. The van der Waals surface area contributed by atoms with Gasteiger partial charge in [0.2, 0.25) is 0 Å². The van der Waals surface area contributed by atoms with Gasteiger partial charge < -0.3 is 4.74 Å². The number of benzene rings is 1. The third-order valence-electron chi connectivity index (χ3n) is 1.79. The highest BCUT2D eigenvalue weighted by Crippen LogP contribution is 2.20. The van der Waals surface area contributed by atoms with Crippen LogP contribution in [0.15, 0.2) is 30.3 Å². The quantitative estimate of drug-likeness (QED) is 0.580. The maximum atomic E-state index is 11.4. The van der Waals surface area contributed by atoms with Gasteiger partial charge in [-0.25, -0.2) is 4.79 Å². The largest absolute Gasteiger partial charge is 0.467 e. The summed E-state index contributed by atoms with van der Waals surface area (Å²) in [6.07, 6.45) is -0.368. The number of esters is 1. The van der Waals surface area contributed by atoms with Gasteiger partial charge in [-0.3, -0.25) is 4.18 Å². The van der Waals surface area contributed by atoms with Crippen LogP contribution in [0.25, 0.3) is 0 Å². The molecule has 1 atom stereocenters. The highest BCUT2D eigenvalue weighted by molar-refractivity contribution is 7.86. The Morgan fingerprint density at radius 1 is 1.25 bits per heavy atom. The average Bonchev–Trinajstić information content (AvgIpc) is 2.25. The lowest BCUT2D eigenvalue weighted by molar-refractivity contribution is -0.149. The molecule has 1 rings (SSSR count). The number of ether oxygens (including phenoxy) is 1. The second kappa shape index (κ2) is 5.09. The fraction of sp³-hybridized carbons (Fsp3) is 0.300. The van der Waals surface area contributed by atoms with E-state index in [1.165, 1.54) is 7.11 Å². The van der Waals surface area contributed by atoms with Crippen molar-refractivity contribution < 1.29 is 22.1 Å². The van der Waals surface area contributed by atoms with Crippen LogP contribution in [-0.2, 0) is 23.8 Å². The fourth-order valence-corrected chi connectivity index (χ4v) is 1.68. The van der Waals surface area contributed by atoms with Crippen LogP contribution in [0.5, 0.6) is 0 Å². The maximum absolute atomic E-state index is 11.4. The summed E-state index contributed by atoms with van der Waals surface area (Å²) in [5.41, 5.74) is 0.430. The van der Waals surface area contributed by atoms with Crippen LogP contribution < -0.4 is 0 Å². The Morgan fingerprint density at radius 3 is 2.25 bits per heavy atom. The van der Waals surface area contributed by atoms with E-state index in [1.54, 1.807) is 30.3 Å². The highest BCUT2D eigenvalue weighted by Gasteiger charge is 2.26. The van der Waals surface area contributed by atoms with Gasteiger partial charge in [0.05, 0.1) is 13.4 Å². The number of methoxy groups -OCH3 is 1. The minimum atomic E-state index is -3.73. The standard InChI is InChI=1S/C10H12O5S/c1-14-10(11)9(15-16(2,12)13)8-6-4-3-5-7-8/h3-7,9H,1-2H3. The second-order valence-electron chi connectivity index (χ2n) is 3.11. The molecule has 0 heterocycles. The van der Waals surface area contributed by atoms with Crippen molar-refractivity contribution in [2.75, 3.05) is 13.4 Å². The molecule has 0 bridgehead atoms. The van der Waals surface area contributed by atoms with Crippen LogP contribution in [0, 0.1) is 0 Å². The Labute approximate surface area is 94.1 Å². The van der Waals surface area contributed by atoms with E-state index in [4.69, 9.17) is 0 Å². The molecule has 0 aliphatic heterocycles. The summed E-state index contributed by atoms with van der Waals surface area (Å²) in [5, 5.41) is 0. The predicted octanol–water partition coefficient (Wildman–Crippen LogP) is 0.877. The number of carbonyl (C=O) groups excluding carboxylic acids is 1. The molecular formula is C10H12O5S. The van der Waals surface area contributed by atoms with Crippen LogP contribution in [0.4, 0.5) is 0 Å². The van der Waals surface area contributed by atoms with Crippen LogP contribution in [0.3, 0.4) is 0 Å². The summed E-state index contributed by atoms with van der Waals surface area (Å²) >= 11 is 0. The molecule has 1 aromatic carbocycles. The number of hydrogen-bond donors (Lipinski definition) is 0. The first-order chi connectivity index (χ1) is 7.44. The molecule has 5 nitrogen and oxygen atoms in total. The maximum Gasteiger partial charge on any atom is 0.341 e. The van der Waals surface area contributed by atoms with Crippen molar-refractivity contribution in [3.63, 3.8) is 0 Å². The Morgan fingerprint density at radius 2 is 1.81 bits per heavy atom. The molecule has 0 radical (unpaired) electrons. The Bertz CT molecular complexity index is 451. The van der Waals surface area contributed by atoms with E-state index in [0.717, 1.165) is 6.26 Å². The third-order valence-corrected chi connectivity index (χ3v) is 2.33. The molecule has 1 unspecified atom stereocenters. The molecule has 0 N–H and O–H groups in total. The van der Waals surface area contributed by atoms with Gasteiger partial charge in [-0.05, 0) is 5.56 Å².